The molecule has 2 heterocycles. The number of carbonyl (C=O) groups is 1. The summed E-state index contributed by atoms with van der Waals surface area (Å²) in [7, 11) is 0. The maximum absolute atomic E-state index is 12.4. The van der Waals surface area contributed by atoms with Crippen LogP contribution in [0, 0.1) is 13.8 Å². The third-order valence-corrected chi connectivity index (χ3v) is 4.67. The number of nitrogens with zero attached hydrogens (tertiary/aromatic N) is 4. The van der Waals surface area contributed by atoms with Crippen molar-refractivity contribution in [2.45, 2.75) is 46.7 Å². The maximum atomic E-state index is 12.4. The van der Waals surface area contributed by atoms with E-state index in [-0.39, 0.29) is 18.5 Å². The van der Waals surface area contributed by atoms with Crippen molar-refractivity contribution < 1.29 is 4.79 Å². The highest BCUT2D eigenvalue weighted by Crippen LogP contribution is 2.21. The Morgan fingerprint density at radius 2 is 2.04 bits per heavy atom. The number of para-hydroxylation sites is 1. The molecule has 0 saturated carbocycles. The fraction of sp³-hybridized carbons (Fsp3) is 0.350. The molecule has 2 aromatic heterocycles. The van der Waals surface area contributed by atoms with Crippen LogP contribution in [-0.2, 0) is 17.8 Å². The molecule has 1 amide bonds. The Morgan fingerprint density at radius 1 is 1.27 bits per heavy atom. The van der Waals surface area contributed by atoms with Crippen LogP contribution in [0.25, 0.3) is 5.69 Å². The standard InChI is InChI=1S/C20H25N5O/c1-5-19-21-10-11-24(19)13-20(26)23-15(3)17-12-22-25(16(17)4)18-9-7-6-8-14(18)2/h6-12,15H,5,13H2,1-4H3,(H,23,26). The lowest BCUT2D eigenvalue weighted by Gasteiger charge is -2.15. The molecular weight excluding hydrogens is 326 g/mol. The number of rotatable bonds is 6. The molecule has 1 N–H and O–H groups in total. The molecule has 3 aromatic rings. The second-order valence-electron chi connectivity index (χ2n) is 6.50. The van der Waals surface area contributed by atoms with Crippen molar-refractivity contribution in [1.82, 2.24) is 24.6 Å². The third kappa shape index (κ3) is 3.54. The topological polar surface area (TPSA) is 64.7 Å². The molecule has 1 unspecified atom stereocenters. The van der Waals surface area contributed by atoms with E-state index >= 15 is 0 Å². The molecule has 26 heavy (non-hydrogen) atoms. The second-order valence-corrected chi connectivity index (χ2v) is 6.50. The number of hydrogen-bond donors (Lipinski definition) is 1. The van der Waals surface area contributed by atoms with Crippen LogP contribution in [0.5, 0.6) is 0 Å². The van der Waals surface area contributed by atoms with Gasteiger partial charge in [0, 0.05) is 30.1 Å². The van der Waals surface area contributed by atoms with Gasteiger partial charge in [-0.1, -0.05) is 25.1 Å². The number of nitrogens with one attached hydrogen (secondary N) is 1. The molecule has 0 bridgehead atoms. The molecule has 1 aromatic carbocycles. The van der Waals surface area contributed by atoms with Gasteiger partial charge in [-0.15, -0.1) is 0 Å². The highest BCUT2D eigenvalue weighted by Gasteiger charge is 2.17. The first-order chi connectivity index (χ1) is 12.5. The van der Waals surface area contributed by atoms with Gasteiger partial charge in [0.25, 0.3) is 0 Å². The summed E-state index contributed by atoms with van der Waals surface area (Å²) in [6.07, 6.45) is 6.20. The first-order valence-corrected chi connectivity index (χ1v) is 8.91. The van der Waals surface area contributed by atoms with Crippen molar-refractivity contribution >= 4 is 5.91 Å². The average molecular weight is 351 g/mol. The van der Waals surface area contributed by atoms with E-state index in [1.807, 2.05) is 60.6 Å². The van der Waals surface area contributed by atoms with Crippen LogP contribution >= 0.6 is 0 Å². The fourth-order valence-corrected chi connectivity index (χ4v) is 3.21. The molecule has 0 saturated heterocycles. The molecule has 1 atom stereocenters. The quantitative estimate of drug-likeness (QED) is 0.742. The Labute approximate surface area is 153 Å². The van der Waals surface area contributed by atoms with Gasteiger partial charge in [-0.25, -0.2) is 9.67 Å². The van der Waals surface area contributed by atoms with E-state index < -0.39 is 0 Å². The van der Waals surface area contributed by atoms with Crippen LogP contribution in [0.4, 0.5) is 0 Å². The van der Waals surface area contributed by atoms with Crippen LogP contribution in [-0.4, -0.2) is 25.2 Å². The molecule has 136 valence electrons. The Balaban J connectivity index is 1.73. The van der Waals surface area contributed by atoms with Crippen molar-refractivity contribution in [2.24, 2.45) is 0 Å². The molecule has 0 fully saturated rings. The largest absolute Gasteiger partial charge is 0.348 e. The van der Waals surface area contributed by atoms with Gasteiger partial charge >= 0.3 is 0 Å². The maximum Gasteiger partial charge on any atom is 0.240 e. The minimum atomic E-state index is -0.117. The highest BCUT2D eigenvalue weighted by molar-refractivity contribution is 5.76. The minimum absolute atomic E-state index is 0.0340. The zero-order valence-corrected chi connectivity index (χ0v) is 15.7. The average Bonchev–Trinajstić information content (AvgIpc) is 3.21. The number of aryl methyl sites for hydroxylation is 2. The van der Waals surface area contributed by atoms with Crippen molar-refractivity contribution in [2.75, 3.05) is 0 Å². The second kappa shape index (κ2) is 7.56. The molecule has 0 aliphatic carbocycles. The third-order valence-electron chi connectivity index (χ3n) is 4.67. The van der Waals surface area contributed by atoms with E-state index in [9.17, 15) is 4.79 Å². The first-order valence-electron chi connectivity index (χ1n) is 8.91. The highest BCUT2D eigenvalue weighted by atomic mass is 16.2. The van der Waals surface area contributed by atoms with E-state index in [4.69, 9.17) is 0 Å². The number of aromatic nitrogens is 4. The van der Waals surface area contributed by atoms with Crippen molar-refractivity contribution in [3.63, 3.8) is 0 Å². The van der Waals surface area contributed by atoms with Gasteiger partial charge < -0.3 is 9.88 Å². The lowest BCUT2D eigenvalue weighted by Crippen LogP contribution is -2.30. The van der Waals surface area contributed by atoms with Gasteiger partial charge in [-0.3, -0.25) is 4.79 Å². The van der Waals surface area contributed by atoms with Crippen LogP contribution in [0.3, 0.4) is 0 Å². The molecule has 0 radical (unpaired) electrons. The summed E-state index contributed by atoms with van der Waals surface area (Å²) in [5.41, 5.74) is 4.27. The number of hydrogen-bond acceptors (Lipinski definition) is 3. The summed E-state index contributed by atoms with van der Waals surface area (Å²) in [6.45, 7) is 8.39. The summed E-state index contributed by atoms with van der Waals surface area (Å²) in [5, 5.41) is 7.59. The zero-order chi connectivity index (χ0) is 18.7. The van der Waals surface area contributed by atoms with E-state index in [2.05, 4.69) is 28.4 Å². The minimum Gasteiger partial charge on any atom is -0.348 e. The lowest BCUT2D eigenvalue weighted by molar-refractivity contribution is -0.122. The predicted molar refractivity (Wildman–Crippen MR) is 101 cm³/mol. The molecule has 0 aliphatic rings. The van der Waals surface area contributed by atoms with Crippen molar-refractivity contribution in [3.8, 4) is 5.69 Å². The predicted octanol–water partition coefficient (Wildman–Crippen LogP) is 3.13. The molecule has 0 aliphatic heterocycles. The van der Waals surface area contributed by atoms with Gasteiger partial charge in [0.1, 0.15) is 12.4 Å². The lowest BCUT2D eigenvalue weighted by atomic mass is 10.1. The summed E-state index contributed by atoms with van der Waals surface area (Å²) >= 11 is 0. The molecule has 6 heteroatoms. The zero-order valence-electron chi connectivity index (χ0n) is 15.7. The van der Waals surface area contributed by atoms with Crippen LogP contribution in [0.1, 0.15) is 42.5 Å². The van der Waals surface area contributed by atoms with Gasteiger partial charge in [0.2, 0.25) is 5.91 Å². The van der Waals surface area contributed by atoms with Crippen molar-refractivity contribution in [1.29, 1.82) is 0 Å². The van der Waals surface area contributed by atoms with Gasteiger partial charge in [0.05, 0.1) is 17.9 Å². The summed E-state index contributed by atoms with van der Waals surface area (Å²) in [6, 6.07) is 8.02. The van der Waals surface area contributed by atoms with Crippen molar-refractivity contribution in [3.05, 3.63) is 65.5 Å². The van der Waals surface area contributed by atoms with E-state index in [1.54, 1.807) is 6.20 Å². The number of imidazole rings is 1. The summed E-state index contributed by atoms with van der Waals surface area (Å²) in [4.78, 5) is 16.7. The Morgan fingerprint density at radius 3 is 2.77 bits per heavy atom. The monoisotopic (exact) mass is 351 g/mol. The van der Waals surface area contributed by atoms with Gasteiger partial charge in [-0.2, -0.15) is 5.10 Å². The smallest absolute Gasteiger partial charge is 0.240 e. The summed E-state index contributed by atoms with van der Waals surface area (Å²) < 4.78 is 3.81. The van der Waals surface area contributed by atoms with Gasteiger partial charge in [-0.05, 0) is 32.4 Å². The SMILES string of the molecule is CCc1nccn1CC(=O)NC(C)c1cnn(-c2ccccc2C)c1C. The number of carbonyl (C=O) groups excluding carboxylic acids is 1. The summed E-state index contributed by atoms with van der Waals surface area (Å²) in [5.74, 6) is 0.879. The normalized spacial score (nSPS) is 12.2. The van der Waals surface area contributed by atoms with E-state index in [0.29, 0.717) is 0 Å². The van der Waals surface area contributed by atoms with Crippen LogP contribution in [0.15, 0.2) is 42.9 Å². The first kappa shape index (κ1) is 17.9. The van der Waals surface area contributed by atoms with Crippen LogP contribution < -0.4 is 5.32 Å². The van der Waals surface area contributed by atoms with E-state index in [1.165, 1.54) is 0 Å². The molecule has 3 rings (SSSR count). The molecule has 0 spiro atoms. The number of benzene rings is 1. The van der Waals surface area contributed by atoms with E-state index in [0.717, 1.165) is 34.8 Å². The number of amides is 1. The Hall–Kier alpha value is -2.89. The molecule has 6 nitrogen and oxygen atoms in total. The van der Waals surface area contributed by atoms with Gasteiger partial charge in [0.15, 0.2) is 0 Å². The Kier molecular flexibility index (Phi) is 5.21. The molecular formula is C20H25N5O. The van der Waals surface area contributed by atoms with Crippen LogP contribution in [0.2, 0.25) is 0 Å². The Bertz CT molecular complexity index is 909. The fourth-order valence-electron chi connectivity index (χ4n) is 3.21.